The summed E-state index contributed by atoms with van der Waals surface area (Å²) in [4.78, 5) is 25.5. The van der Waals surface area contributed by atoms with Gasteiger partial charge in [0.05, 0.1) is 7.11 Å². The Morgan fingerprint density at radius 3 is 2.42 bits per heavy atom. The molecule has 0 saturated carbocycles. The SMILES string of the molecule is COc1ccccc1C(=O)Oc1ccc(C(=O)C=Cc2cccs2)cc1. The minimum absolute atomic E-state index is 0.110. The molecule has 1 aromatic heterocycles. The number of para-hydroxylation sites is 1. The second kappa shape index (κ2) is 8.27. The van der Waals surface area contributed by atoms with Gasteiger partial charge in [0.2, 0.25) is 0 Å². The van der Waals surface area contributed by atoms with Crippen LogP contribution in [0.2, 0.25) is 0 Å². The molecule has 0 radical (unpaired) electrons. The van der Waals surface area contributed by atoms with Crippen molar-refractivity contribution in [1.82, 2.24) is 0 Å². The molecule has 0 aliphatic rings. The monoisotopic (exact) mass is 364 g/mol. The first-order valence-electron chi connectivity index (χ1n) is 7.88. The van der Waals surface area contributed by atoms with E-state index in [1.165, 1.54) is 13.2 Å². The minimum atomic E-state index is -0.515. The molecular formula is C21H16O4S. The molecule has 0 fully saturated rings. The van der Waals surface area contributed by atoms with Gasteiger partial charge in [-0.25, -0.2) is 4.79 Å². The van der Waals surface area contributed by atoms with E-state index >= 15 is 0 Å². The highest BCUT2D eigenvalue weighted by molar-refractivity contribution is 7.10. The zero-order valence-electron chi connectivity index (χ0n) is 14.0. The van der Waals surface area contributed by atoms with Crippen LogP contribution in [0.15, 0.2) is 72.1 Å². The molecule has 26 heavy (non-hydrogen) atoms. The van der Waals surface area contributed by atoms with Gasteiger partial charge in [-0.05, 0) is 60.0 Å². The second-order valence-corrected chi connectivity index (χ2v) is 6.31. The van der Waals surface area contributed by atoms with E-state index in [-0.39, 0.29) is 5.78 Å². The number of carbonyl (C=O) groups is 2. The molecular weight excluding hydrogens is 348 g/mol. The van der Waals surface area contributed by atoms with Crippen molar-refractivity contribution in [2.24, 2.45) is 0 Å². The smallest absolute Gasteiger partial charge is 0.347 e. The Morgan fingerprint density at radius 2 is 1.73 bits per heavy atom. The van der Waals surface area contributed by atoms with Gasteiger partial charge in [-0.3, -0.25) is 4.79 Å². The first kappa shape index (κ1) is 17.6. The fourth-order valence-corrected chi connectivity index (χ4v) is 2.92. The van der Waals surface area contributed by atoms with E-state index in [4.69, 9.17) is 9.47 Å². The molecule has 0 spiro atoms. The van der Waals surface area contributed by atoms with Gasteiger partial charge < -0.3 is 9.47 Å². The molecule has 0 amide bonds. The Hall–Kier alpha value is -3.18. The molecule has 0 unspecified atom stereocenters. The maximum absolute atomic E-state index is 12.3. The van der Waals surface area contributed by atoms with Crippen molar-refractivity contribution in [3.05, 3.63) is 88.1 Å². The van der Waals surface area contributed by atoms with Crippen molar-refractivity contribution in [3.8, 4) is 11.5 Å². The maximum atomic E-state index is 12.3. The summed E-state index contributed by atoms with van der Waals surface area (Å²) in [5.41, 5.74) is 0.865. The van der Waals surface area contributed by atoms with Crippen molar-refractivity contribution < 1.29 is 19.1 Å². The Morgan fingerprint density at radius 1 is 0.962 bits per heavy atom. The van der Waals surface area contributed by atoms with Gasteiger partial charge in [-0.1, -0.05) is 18.2 Å². The molecule has 4 nitrogen and oxygen atoms in total. The van der Waals surface area contributed by atoms with Gasteiger partial charge >= 0.3 is 5.97 Å². The van der Waals surface area contributed by atoms with Crippen molar-refractivity contribution in [2.75, 3.05) is 7.11 Å². The second-order valence-electron chi connectivity index (χ2n) is 5.33. The third kappa shape index (κ3) is 4.26. The van der Waals surface area contributed by atoms with E-state index in [9.17, 15) is 9.59 Å². The average molecular weight is 364 g/mol. The summed E-state index contributed by atoms with van der Waals surface area (Å²) in [6, 6.07) is 17.2. The quantitative estimate of drug-likeness (QED) is 0.271. The summed E-state index contributed by atoms with van der Waals surface area (Å²) in [5, 5.41) is 1.95. The lowest BCUT2D eigenvalue weighted by Gasteiger charge is -2.08. The number of benzene rings is 2. The highest BCUT2D eigenvalue weighted by atomic mass is 32.1. The number of hydrogen-bond donors (Lipinski definition) is 0. The highest BCUT2D eigenvalue weighted by Gasteiger charge is 2.14. The van der Waals surface area contributed by atoms with Gasteiger partial charge in [0, 0.05) is 10.4 Å². The van der Waals surface area contributed by atoms with Crippen LogP contribution in [0.1, 0.15) is 25.6 Å². The summed E-state index contributed by atoms with van der Waals surface area (Å²) in [5.74, 6) is 0.183. The first-order valence-corrected chi connectivity index (χ1v) is 8.76. The predicted octanol–water partition coefficient (Wildman–Crippen LogP) is 4.87. The zero-order chi connectivity index (χ0) is 18.4. The maximum Gasteiger partial charge on any atom is 0.347 e. The Balaban J connectivity index is 1.67. The van der Waals surface area contributed by atoms with Crippen LogP contribution in [0.25, 0.3) is 6.08 Å². The molecule has 0 aliphatic carbocycles. The lowest BCUT2D eigenvalue weighted by Crippen LogP contribution is -2.10. The summed E-state index contributed by atoms with van der Waals surface area (Å²) in [6.45, 7) is 0. The number of methoxy groups -OCH3 is 1. The predicted molar refractivity (Wildman–Crippen MR) is 102 cm³/mol. The molecule has 0 saturated heterocycles. The molecule has 130 valence electrons. The third-order valence-electron chi connectivity index (χ3n) is 3.62. The van der Waals surface area contributed by atoms with Gasteiger partial charge in [-0.15, -0.1) is 11.3 Å². The van der Waals surface area contributed by atoms with Gasteiger partial charge in [-0.2, -0.15) is 0 Å². The summed E-state index contributed by atoms with van der Waals surface area (Å²) in [7, 11) is 1.50. The van der Waals surface area contributed by atoms with E-state index in [0.29, 0.717) is 22.6 Å². The van der Waals surface area contributed by atoms with Crippen molar-refractivity contribution >= 4 is 29.2 Å². The number of thiophene rings is 1. The van der Waals surface area contributed by atoms with E-state index < -0.39 is 5.97 Å². The molecule has 3 aromatic rings. The molecule has 0 bridgehead atoms. The summed E-state index contributed by atoms with van der Waals surface area (Å²) >= 11 is 1.56. The van der Waals surface area contributed by atoms with Crippen molar-refractivity contribution in [1.29, 1.82) is 0 Å². The zero-order valence-corrected chi connectivity index (χ0v) is 14.9. The average Bonchev–Trinajstić information content (AvgIpc) is 3.20. The van der Waals surface area contributed by atoms with Crippen LogP contribution < -0.4 is 9.47 Å². The van der Waals surface area contributed by atoms with Gasteiger partial charge in [0.1, 0.15) is 17.1 Å². The molecule has 1 heterocycles. The Kier molecular flexibility index (Phi) is 5.61. The van der Waals surface area contributed by atoms with Crippen LogP contribution in [0, 0.1) is 0 Å². The summed E-state index contributed by atoms with van der Waals surface area (Å²) < 4.78 is 10.5. The van der Waals surface area contributed by atoms with Crippen LogP contribution in [0.4, 0.5) is 0 Å². The topological polar surface area (TPSA) is 52.6 Å². The molecule has 0 aliphatic heterocycles. The molecule has 2 aromatic carbocycles. The molecule has 0 atom stereocenters. The Labute approximate surface area is 155 Å². The lowest BCUT2D eigenvalue weighted by molar-refractivity contribution is 0.0731. The molecule has 3 rings (SSSR count). The molecule has 0 N–H and O–H groups in total. The Bertz CT molecular complexity index is 925. The highest BCUT2D eigenvalue weighted by Crippen LogP contribution is 2.21. The van der Waals surface area contributed by atoms with Crippen LogP contribution >= 0.6 is 11.3 Å². The van der Waals surface area contributed by atoms with E-state index in [1.54, 1.807) is 65.9 Å². The van der Waals surface area contributed by atoms with Crippen LogP contribution in [0.5, 0.6) is 11.5 Å². The number of carbonyl (C=O) groups excluding carboxylic acids is 2. The number of esters is 1. The van der Waals surface area contributed by atoms with Gasteiger partial charge in [0.25, 0.3) is 0 Å². The molecule has 5 heteroatoms. The number of allylic oxidation sites excluding steroid dienone is 1. The normalized spacial score (nSPS) is 10.7. The largest absolute Gasteiger partial charge is 0.496 e. The van der Waals surface area contributed by atoms with E-state index in [2.05, 4.69) is 0 Å². The number of ketones is 1. The first-order chi connectivity index (χ1) is 12.7. The lowest BCUT2D eigenvalue weighted by atomic mass is 10.1. The standard InChI is InChI=1S/C21H16O4S/c1-24-20-7-3-2-6-18(20)21(23)25-16-10-8-15(9-11-16)19(22)13-12-17-5-4-14-26-17/h2-14H,1H3. The fraction of sp³-hybridized carbons (Fsp3) is 0.0476. The minimum Gasteiger partial charge on any atom is -0.496 e. The van der Waals surface area contributed by atoms with Gasteiger partial charge in [0.15, 0.2) is 5.78 Å². The number of hydrogen-bond acceptors (Lipinski definition) is 5. The van der Waals surface area contributed by atoms with Crippen LogP contribution in [-0.4, -0.2) is 18.9 Å². The third-order valence-corrected chi connectivity index (χ3v) is 4.46. The van der Waals surface area contributed by atoms with Crippen LogP contribution in [-0.2, 0) is 0 Å². The number of ether oxygens (including phenoxy) is 2. The van der Waals surface area contributed by atoms with E-state index in [0.717, 1.165) is 4.88 Å². The van der Waals surface area contributed by atoms with Crippen LogP contribution in [0.3, 0.4) is 0 Å². The van der Waals surface area contributed by atoms with Crippen molar-refractivity contribution in [3.63, 3.8) is 0 Å². The number of rotatable bonds is 6. The summed E-state index contributed by atoms with van der Waals surface area (Å²) in [6.07, 6.45) is 3.31. The van der Waals surface area contributed by atoms with E-state index in [1.807, 2.05) is 17.5 Å². The fourth-order valence-electron chi connectivity index (χ4n) is 2.30. The van der Waals surface area contributed by atoms with Crippen molar-refractivity contribution in [2.45, 2.75) is 0 Å².